The number of ether oxygens (including phenoxy) is 1. The van der Waals surface area contributed by atoms with Gasteiger partial charge < -0.3 is 15.0 Å². The van der Waals surface area contributed by atoms with E-state index < -0.39 is 11.7 Å². The lowest BCUT2D eigenvalue weighted by molar-refractivity contribution is -0.137. The summed E-state index contributed by atoms with van der Waals surface area (Å²) in [5, 5.41) is 2.85. The fourth-order valence-electron chi connectivity index (χ4n) is 2.41. The Morgan fingerprint density at radius 3 is 2.52 bits per heavy atom. The number of hydrogen-bond acceptors (Lipinski definition) is 5. The van der Waals surface area contributed by atoms with Crippen LogP contribution in [-0.4, -0.2) is 36.3 Å². The van der Waals surface area contributed by atoms with Crippen molar-refractivity contribution in [1.82, 2.24) is 9.97 Å². The molecule has 0 aliphatic carbocycles. The van der Waals surface area contributed by atoms with Crippen molar-refractivity contribution in [2.75, 3.05) is 36.5 Å². The molecule has 1 aliphatic rings. The maximum absolute atomic E-state index is 12.6. The average Bonchev–Trinajstić information content (AvgIpc) is 2.61. The highest BCUT2D eigenvalue weighted by atomic mass is 35.5. The number of rotatable bonds is 4. The van der Waals surface area contributed by atoms with E-state index in [2.05, 4.69) is 20.2 Å². The predicted molar refractivity (Wildman–Crippen MR) is 88.8 cm³/mol. The van der Waals surface area contributed by atoms with Crippen molar-refractivity contribution in [3.8, 4) is 0 Å². The Labute approximate surface area is 147 Å². The molecule has 0 saturated carbocycles. The normalized spacial score (nSPS) is 15.3. The quantitative estimate of drug-likeness (QED) is 0.888. The Morgan fingerprint density at radius 2 is 1.92 bits per heavy atom. The predicted octanol–water partition coefficient (Wildman–Crippen LogP) is 3.60. The minimum Gasteiger partial charge on any atom is -0.378 e. The van der Waals surface area contributed by atoms with Crippen LogP contribution in [0, 0.1) is 0 Å². The lowest BCUT2D eigenvalue weighted by Gasteiger charge is -2.27. The molecule has 0 radical (unpaired) electrons. The molecule has 0 unspecified atom stereocenters. The van der Waals surface area contributed by atoms with E-state index in [0.29, 0.717) is 19.8 Å². The van der Waals surface area contributed by atoms with E-state index in [-0.39, 0.29) is 10.8 Å². The highest BCUT2D eigenvalue weighted by Gasteiger charge is 2.31. The second kappa shape index (κ2) is 7.45. The first-order chi connectivity index (χ1) is 11.9. The number of nitrogens with zero attached hydrogens (tertiary/aromatic N) is 3. The van der Waals surface area contributed by atoms with E-state index in [9.17, 15) is 13.2 Å². The largest absolute Gasteiger partial charge is 0.417 e. The van der Waals surface area contributed by atoms with Crippen LogP contribution >= 0.6 is 11.6 Å². The van der Waals surface area contributed by atoms with Gasteiger partial charge in [0.15, 0.2) is 0 Å². The van der Waals surface area contributed by atoms with Gasteiger partial charge in [0.1, 0.15) is 11.6 Å². The zero-order valence-corrected chi connectivity index (χ0v) is 13.9. The molecule has 1 aliphatic heterocycles. The van der Waals surface area contributed by atoms with E-state index in [1.807, 2.05) is 12.1 Å². The molecule has 25 heavy (non-hydrogen) atoms. The molecule has 3 rings (SSSR count). The molecule has 1 fully saturated rings. The standard InChI is InChI=1S/C16H16ClF3N4O/c17-13-7-12(16(18,19)20)10-23-15(13)22-9-11-1-2-14(21-8-11)24-3-5-25-6-4-24/h1-2,7-8,10H,3-6,9H2,(H,22,23). The molecule has 0 bridgehead atoms. The first kappa shape index (κ1) is 17.8. The number of morpholine rings is 1. The van der Waals surface area contributed by atoms with Gasteiger partial charge in [-0.15, -0.1) is 0 Å². The molecule has 0 atom stereocenters. The molecule has 0 aromatic carbocycles. The molecule has 1 saturated heterocycles. The molecular weight excluding hydrogens is 357 g/mol. The zero-order valence-electron chi connectivity index (χ0n) is 13.2. The van der Waals surface area contributed by atoms with Crippen LogP contribution in [0.1, 0.15) is 11.1 Å². The van der Waals surface area contributed by atoms with Gasteiger partial charge in [-0.2, -0.15) is 13.2 Å². The van der Waals surface area contributed by atoms with Crippen molar-refractivity contribution in [2.24, 2.45) is 0 Å². The molecule has 134 valence electrons. The fourth-order valence-corrected chi connectivity index (χ4v) is 2.64. The molecule has 2 aromatic rings. The molecular formula is C16H16ClF3N4O. The maximum atomic E-state index is 12.6. The zero-order chi connectivity index (χ0) is 17.9. The Kier molecular flexibility index (Phi) is 5.29. The van der Waals surface area contributed by atoms with Crippen molar-refractivity contribution < 1.29 is 17.9 Å². The van der Waals surface area contributed by atoms with Crippen molar-refractivity contribution in [2.45, 2.75) is 12.7 Å². The lowest BCUT2D eigenvalue weighted by Crippen LogP contribution is -2.36. The molecule has 3 heterocycles. The first-order valence-electron chi connectivity index (χ1n) is 7.68. The summed E-state index contributed by atoms with van der Waals surface area (Å²) in [6, 6.07) is 4.67. The highest BCUT2D eigenvalue weighted by Crippen LogP contribution is 2.32. The van der Waals surface area contributed by atoms with Crippen LogP contribution in [0.5, 0.6) is 0 Å². The van der Waals surface area contributed by atoms with E-state index in [0.717, 1.165) is 36.7 Å². The van der Waals surface area contributed by atoms with Crippen molar-refractivity contribution in [3.05, 3.63) is 46.7 Å². The van der Waals surface area contributed by atoms with Gasteiger partial charge >= 0.3 is 6.18 Å². The molecule has 2 aromatic heterocycles. The van der Waals surface area contributed by atoms with Crippen molar-refractivity contribution >= 4 is 23.2 Å². The maximum Gasteiger partial charge on any atom is 0.417 e. The highest BCUT2D eigenvalue weighted by molar-refractivity contribution is 6.32. The molecule has 0 amide bonds. The average molecular weight is 373 g/mol. The summed E-state index contributed by atoms with van der Waals surface area (Å²) in [5.74, 6) is 1.07. The minimum atomic E-state index is -4.46. The number of hydrogen-bond donors (Lipinski definition) is 1. The molecule has 0 spiro atoms. The monoisotopic (exact) mass is 372 g/mol. The van der Waals surface area contributed by atoms with Gasteiger partial charge in [0.2, 0.25) is 0 Å². The van der Waals surface area contributed by atoms with Gasteiger partial charge in [-0.05, 0) is 17.7 Å². The number of nitrogens with one attached hydrogen (secondary N) is 1. The summed E-state index contributed by atoms with van der Waals surface area (Å²) < 4.78 is 43.1. The topological polar surface area (TPSA) is 50.3 Å². The Bertz CT molecular complexity index is 718. The van der Waals surface area contributed by atoms with Crippen LogP contribution in [0.3, 0.4) is 0 Å². The number of alkyl halides is 3. The van der Waals surface area contributed by atoms with E-state index in [4.69, 9.17) is 16.3 Å². The summed E-state index contributed by atoms with van der Waals surface area (Å²) >= 11 is 5.87. The van der Waals surface area contributed by atoms with Crippen LogP contribution in [0.15, 0.2) is 30.6 Å². The van der Waals surface area contributed by atoms with E-state index >= 15 is 0 Å². The van der Waals surface area contributed by atoms with Gasteiger partial charge in [-0.25, -0.2) is 9.97 Å². The van der Waals surface area contributed by atoms with Crippen LogP contribution < -0.4 is 10.2 Å². The van der Waals surface area contributed by atoms with Gasteiger partial charge in [0.25, 0.3) is 0 Å². The third-order valence-corrected chi connectivity index (χ3v) is 4.06. The fraction of sp³-hybridized carbons (Fsp3) is 0.375. The molecule has 9 heteroatoms. The van der Waals surface area contributed by atoms with E-state index in [1.165, 1.54) is 0 Å². The van der Waals surface area contributed by atoms with Crippen LogP contribution in [0.25, 0.3) is 0 Å². The SMILES string of the molecule is FC(F)(F)c1cnc(NCc2ccc(N3CCOCC3)nc2)c(Cl)c1. The minimum absolute atomic E-state index is 0.0762. The van der Waals surface area contributed by atoms with E-state index in [1.54, 1.807) is 6.20 Å². The Morgan fingerprint density at radius 1 is 1.16 bits per heavy atom. The van der Waals surface area contributed by atoms with Crippen molar-refractivity contribution in [3.63, 3.8) is 0 Å². The summed E-state index contributed by atoms with van der Waals surface area (Å²) in [6.45, 7) is 3.33. The van der Waals surface area contributed by atoms with Gasteiger partial charge in [0.05, 0.1) is 23.8 Å². The lowest BCUT2D eigenvalue weighted by atomic mass is 10.2. The summed E-state index contributed by atoms with van der Waals surface area (Å²) in [7, 11) is 0. The smallest absolute Gasteiger partial charge is 0.378 e. The molecule has 5 nitrogen and oxygen atoms in total. The number of aromatic nitrogens is 2. The summed E-state index contributed by atoms with van der Waals surface area (Å²) in [5.41, 5.74) is -0.00523. The van der Waals surface area contributed by atoms with Crippen LogP contribution in [-0.2, 0) is 17.5 Å². The third kappa shape index (κ3) is 4.52. The van der Waals surface area contributed by atoms with Crippen LogP contribution in [0.2, 0.25) is 5.02 Å². The van der Waals surface area contributed by atoms with Crippen LogP contribution in [0.4, 0.5) is 24.8 Å². The Balaban J connectivity index is 1.61. The first-order valence-corrected chi connectivity index (χ1v) is 8.05. The second-order valence-corrected chi connectivity index (χ2v) is 5.94. The number of pyridine rings is 2. The number of halogens is 4. The Hall–Kier alpha value is -2.06. The summed E-state index contributed by atoms with van der Waals surface area (Å²) in [6.07, 6.45) is -1.99. The van der Waals surface area contributed by atoms with Gasteiger partial charge in [0, 0.05) is 32.0 Å². The molecule has 1 N–H and O–H groups in total. The van der Waals surface area contributed by atoms with Gasteiger partial charge in [-0.1, -0.05) is 17.7 Å². The third-order valence-electron chi connectivity index (χ3n) is 3.77. The van der Waals surface area contributed by atoms with Gasteiger partial charge in [-0.3, -0.25) is 0 Å². The second-order valence-electron chi connectivity index (χ2n) is 5.53. The van der Waals surface area contributed by atoms with Crippen molar-refractivity contribution in [1.29, 1.82) is 0 Å². The summed E-state index contributed by atoms with van der Waals surface area (Å²) in [4.78, 5) is 10.3. The number of anilines is 2.